The number of fused-ring (bicyclic) bond motifs is 1. The SMILES string of the molecule is C#CCC(NC(=O)C1=Cc2cc(Cl)ccc2OC1)C(=O)O. The molecule has 6 heteroatoms. The number of halogens is 1. The van der Waals surface area contributed by atoms with E-state index in [2.05, 4.69) is 11.2 Å². The van der Waals surface area contributed by atoms with Crippen molar-refractivity contribution in [1.29, 1.82) is 0 Å². The molecule has 1 aliphatic rings. The molecule has 5 nitrogen and oxygen atoms in total. The maximum atomic E-state index is 12.1. The van der Waals surface area contributed by atoms with Crippen molar-refractivity contribution in [3.8, 4) is 18.1 Å². The van der Waals surface area contributed by atoms with Crippen LogP contribution in [-0.2, 0) is 9.59 Å². The van der Waals surface area contributed by atoms with Crippen LogP contribution >= 0.6 is 11.6 Å². The monoisotopic (exact) mass is 305 g/mol. The quantitative estimate of drug-likeness (QED) is 0.830. The average Bonchev–Trinajstić information content (AvgIpc) is 2.45. The molecule has 0 aliphatic carbocycles. The van der Waals surface area contributed by atoms with Gasteiger partial charge < -0.3 is 15.2 Å². The molecule has 1 amide bonds. The van der Waals surface area contributed by atoms with Crippen LogP contribution in [0.25, 0.3) is 6.08 Å². The number of ether oxygens (including phenoxy) is 1. The molecule has 1 aromatic rings. The van der Waals surface area contributed by atoms with E-state index >= 15 is 0 Å². The molecule has 0 radical (unpaired) electrons. The van der Waals surface area contributed by atoms with Gasteiger partial charge in [-0.1, -0.05) is 11.6 Å². The molecule has 1 aromatic carbocycles. The topological polar surface area (TPSA) is 75.6 Å². The Bertz CT molecular complexity index is 660. The molecule has 0 spiro atoms. The van der Waals surface area contributed by atoms with Gasteiger partial charge >= 0.3 is 5.97 Å². The molecule has 1 unspecified atom stereocenters. The molecule has 2 rings (SSSR count). The summed E-state index contributed by atoms with van der Waals surface area (Å²) < 4.78 is 5.44. The minimum absolute atomic E-state index is 0.0584. The Morgan fingerprint density at radius 3 is 2.95 bits per heavy atom. The van der Waals surface area contributed by atoms with Crippen LogP contribution in [0.3, 0.4) is 0 Å². The summed E-state index contributed by atoms with van der Waals surface area (Å²) in [4.78, 5) is 23.0. The van der Waals surface area contributed by atoms with Gasteiger partial charge in [0.1, 0.15) is 18.4 Å². The Kier molecular flexibility index (Phi) is 4.51. The van der Waals surface area contributed by atoms with Crippen molar-refractivity contribution in [3.63, 3.8) is 0 Å². The Balaban J connectivity index is 2.17. The zero-order valence-electron chi connectivity index (χ0n) is 10.9. The fraction of sp³-hybridized carbons (Fsp3) is 0.200. The van der Waals surface area contributed by atoms with Crippen LogP contribution in [-0.4, -0.2) is 29.6 Å². The second-order valence-electron chi connectivity index (χ2n) is 4.41. The Labute approximate surface area is 126 Å². The normalized spacial score (nSPS) is 14.0. The summed E-state index contributed by atoms with van der Waals surface area (Å²) in [6, 6.07) is 3.94. The first kappa shape index (κ1) is 14.9. The van der Waals surface area contributed by atoms with Gasteiger partial charge in [-0.25, -0.2) is 4.79 Å². The van der Waals surface area contributed by atoms with Crippen LogP contribution in [0.4, 0.5) is 0 Å². The van der Waals surface area contributed by atoms with E-state index in [1.54, 1.807) is 24.3 Å². The molecule has 1 heterocycles. The number of aliphatic carboxylic acids is 1. The first-order chi connectivity index (χ1) is 10.0. The van der Waals surface area contributed by atoms with E-state index < -0.39 is 17.9 Å². The number of carboxylic acids is 1. The van der Waals surface area contributed by atoms with Crippen molar-refractivity contribution < 1.29 is 19.4 Å². The number of terminal acetylenes is 1. The van der Waals surface area contributed by atoms with Gasteiger partial charge in [-0.05, 0) is 24.3 Å². The molecule has 0 saturated carbocycles. The molecule has 0 bridgehead atoms. The summed E-state index contributed by atoms with van der Waals surface area (Å²) in [6.07, 6.45) is 6.62. The average molecular weight is 306 g/mol. The minimum atomic E-state index is -1.18. The smallest absolute Gasteiger partial charge is 0.327 e. The lowest BCUT2D eigenvalue weighted by atomic mass is 10.1. The van der Waals surface area contributed by atoms with Gasteiger partial charge in [0.05, 0.1) is 5.57 Å². The molecular formula is C15H12ClNO4. The maximum Gasteiger partial charge on any atom is 0.327 e. The first-order valence-electron chi connectivity index (χ1n) is 6.11. The molecule has 1 aliphatic heterocycles. The van der Waals surface area contributed by atoms with Crippen LogP contribution < -0.4 is 10.1 Å². The molecule has 21 heavy (non-hydrogen) atoms. The highest BCUT2D eigenvalue weighted by Gasteiger charge is 2.23. The van der Waals surface area contributed by atoms with Gasteiger partial charge in [0.15, 0.2) is 0 Å². The third kappa shape index (κ3) is 3.56. The van der Waals surface area contributed by atoms with Crippen LogP contribution in [0.15, 0.2) is 23.8 Å². The van der Waals surface area contributed by atoms with Gasteiger partial charge in [0.25, 0.3) is 5.91 Å². The van der Waals surface area contributed by atoms with Gasteiger partial charge in [0, 0.05) is 17.0 Å². The number of nitrogens with one attached hydrogen (secondary N) is 1. The summed E-state index contributed by atoms with van der Waals surface area (Å²) in [6.45, 7) is 0.0584. The van der Waals surface area contributed by atoms with Crippen LogP contribution in [0.1, 0.15) is 12.0 Å². The summed E-state index contributed by atoms with van der Waals surface area (Å²) in [5, 5.41) is 11.9. The van der Waals surface area contributed by atoms with Gasteiger partial charge in [-0.3, -0.25) is 4.79 Å². The summed E-state index contributed by atoms with van der Waals surface area (Å²) in [5.74, 6) is 1.13. The molecule has 108 valence electrons. The zero-order valence-corrected chi connectivity index (χ0v) is 11.7. The van der Waals surface area contributed by atoms with Crippen molar-refractivity contribution in [2.75, 3.05) is 6.61 Å². The van der Waals surface area contributed by atoms with Crippen molar-refractivity contribution in [2.45, 2.75) is 12.5 Å². The number of amides is 1. The van der Waals surface area contributed by atoms with Gasteiger partial charge in [0.2, 0.25) is 0 Å². The number of carbonyl (C=O) groups excluding carboxylic acids is 1. The van der Waals surface area contributed by atoms with E-state index in [1.165, 1.54) is 0 Å². The third-order valence-electron chi connectivity index (χ3n) is 2.90. The Morgan fingerprint density at radius 2 is 2.29 bits per heavy atom. The number of rotatable bonds is 4. The van der Waals surface area contributed by atoms with Crippen molar-refractivity contribution in [1.82, 2.24) is 5.32 Å². The highest BCUT2D eigenvalue weighted by Crippen LogP contribution is 2.28. The second-order valence-corrected chi connectivity index (χ2v) is 4.85. The third-order valence-corrected chi connectivity index (χ3v) is 3.14. The predicted octanol–water partition coefficient (Wildman–Crippen LogP) is 1.71. The van der Waals surface area contributed by atoms with E-state index in [-0.39, 0.29) is 13.0 Å². The van der Waals surface area contributed by atoms with Crippen LogP contribution in [0.5, 0.6) is 5.75 Å². The Hall–Kier alpha value is -2.45. The molecule has 0 aromatic heterocycles. The van der Waals surface area contributed by atoms with Gasteiger partial charge in [-0.2, -0.15) is 0 Å². The number of benzene rings is 1. The number of hydrogen-bond acceptors (Lipinski definition) is 3. The molecule has 0 saturated heterocycles. The van der Waals surface area contributed by atoms with E-state index in [0.717, 1.165) is 0 Å². The molecular weight excluding hydrogens is 294 g/mol. The zero-order chi connectivity index (χ0) is 15.4. The molecule has 2 N–H and O–H groups in total. The highest BCUT2D eigenvalue weighted by molar-refractivity contribution is 6.30. The lowest BCUT2D eigenvalue weighted by Gasteiger charge is -2.19. The largest absolute Gasteiger partial charge is 0.488 e. The molecule has 0 fully saturated rings. The first-order valence-corrected chi connectivity index (χ1v) is 6.49. The fourth-order valence-electron chi connectivity index (χ4n) is 1.85. The van der Waals surface area contributed by atoms with E-state index in [1.807, 2.05) is 0 Å². The lowest BCUT2D eigenvalue weighted by molar-refractivity contribution is -0.141. The second kappa shape index (κ2) is 6.33. The minimum Gasteiger partial charge on any atom is -0.488 e. The molecule has 1 atom stereocenters. The van der Waals surface area contributed by atoms with Crippen molar-refractivity contribution in [3.05, 3.63) is 34.4 Å². The maximum absolute atomic E-state index is 12.1. The summed E-state index contributed by atoms with van der Waals surface area (Å²) >= 11 is 5.89. The van der Waals surface area contributed by atoms with E-state index in [0.29, 0.717) is 21.9 Å². The summed E-state index contributed by atoms with van der Waals surface area (Å²) in [5.41, 5.74) is 0.982. The number of carbonyl (C=O) groups is 2. The van der Waals surface area contributed by atoms with Crippen molar-refractivity contribution >= 4 is 29.6 Å². The standard InChI is InChI=1S/C15H12ClNO4/c1-2-3-12(15(19)20)17-14(18)10-6-9-7-11(16)4-5-13(9)21-8-10/h1,4-7,12H,3,8H2,(H,17,18)(H,19,20). The fourth-order valence-corrected chi connectivity index (χ4v) is 2.03. The van der Waals surface area contributed by atoms with Gasteiger partial charge in [-0.15, -0.1) is 12.3 Å². The van der Waals surface area contributed by atoms with Crippen LogP contribution in [0, 0.1) is 12.3 Å². The van der Waals surface area contributed by atoms with Crippen LogP contribution in [0.2, 0.25) is 5.02 Å². The predicted molar refractivity (Wildman–Crippen MR) is 77.9 cm³/mol. The number of carboxylic acid groups (broad SMARTS) is 1. The van der Waals surface area contributed by atoms with E-state index in [9.17, 15) is 9.59 Å². The lowest BCUT2D eigenvalue weighted by Crippen LogP contribution is -2.42. The van der Waals surface area contributed by atoms with Crippen molar-refractivity contribution in [2.24, 2.45) is 0 Å². The van der Waals surface area contributed by atoms with E-state index in [4.69, 9.17) is 27.9 Å². The highest BCUT2D eigenvalue weighted by atomic mass is 35.5. The Morgan fingerprint density at radius 1 is 1.52 bits per heavy atom. The summed E-state index contributed by atoms with van der Waals surface area (Å²) in [7, 11) is 0. The number of hydrogen-bond donors (Lipinski definition) is 2.